The highest BCUT2D eigenvalue weighted by molar-refractivity contribution is 7.89. The van der Waals surface area contributed by atoms with Gasteiger partial charge < -0.3 is 5.32 Å². The first-order valence-electron chi connectivity index (χ1n) is 10.8. The lowest BCUT2D eigenvalue weighted by molar-refractivity contribution is 0.588. The van der Waals surface area contributed by atoms with Crippen LogP contribution in [0.1, 0.15) is 12.5 Å². The van der Waals surface area contributed by atoms with Crippen LogP contribution < -0.4 is 15.5 Å². The highest BCUT2D eigenvalue weighted by Gasteiger charge is 2.16. The first-order valence-corrected chi connectivity index (χ1v) is 13.0. The van der Waals surface area contributed by atoms with Gasteiger partial charge >= 0.3 is 0 Å². The quantitative estimate of drug-likeness (QED) is 0.188. The van der Waals surface area contributed by atoms with Crippen LogP contribution in [-0.4, -0.2) is 31.1 Å². The maximum Gasteiger partial charge on any atom is 0.240 e. The van der Waals surface area contributed by atoms with Crippen LogP contribution in [0.5, 0.6) is 0 Å². The van der Waals surface area contributed by atoms with Gasteiger partial charge in [0.15, 0.2) is 5.82 Å². The van der Waals surface area contributed by atoms with E-state index in [1.165, 1.54) is 19.2 Å². The van der Waals surface area contributed by atoms with E-state index in [-0.39, 0.29) is 4.90 Å². The highest BCUT2D eigenvalue weighted by Crippen LogP contribution is 2.38. The molecule has 1 heterocycles. The van der Waals surface area contributed by atoms with Gasteiger partial charge in [0.25, 0.3) is 0 Å². The molecule has 36 heavy (non-hydrogen) atoms. The molecule has 0 saturated carbocycles. The Labute approximate surface area is 219 Å². The molecule has 3 N–H and O–H groups in total. The molecule has 184 valence electrons. The van der Waals surface area contributed by atoms with Gasteiger partial charge in [0.05, 0.1) is 20.7 Å². The van der Waals surface area contributed by atoms with Crippen molar-refractivity contribution in [3.8, 4) is 11.1 Å². The molecule has 0 fully saturated rings. The van der Waals surface area contributed by atoms with Gasteiger partial charge in [-0.2, -0.15) is 10.1 Å². The van der Waals surface area contributed by atoms with Gasteiger partial charge in [-0.05, 0) is 55.9 Å². The van der Waals surface area contributed by atoms with E-state index in [0.29, 0.717) is 38.7 Å². The topological polar surface area (TPSA) is 108 Å². The number of aromatic nitrogens is 2. The van der Waals surface area contributed by atoms with E-state index in [0.717, 1.165) is 11.3 Å². The van der Waals surface area contributed by atoms with Crippen molar-refractivity contribution in [3.05, 3.63) is 94.6 Å². The van der Waals surface area contributed by atoms with Crippen molar-refractivity contribution in [2.75, 3.05) is 17.8 Å². The van der Waals surface area contributed by atoms with Crippen molar-refractivity contribution >= 4 is 56.4 Å². The molecule has 0 amide bonds. The van der Waals surface area contributed by atoms with Gasteiger partial charge in [0, 0.05) is 23.0 Å². The molecular weight excluding hydrogens is 519 g/mol. The number of anilines is 3. The summed E-state index contributed by atoms with van der Waals surface area (Å²) in [7, 11) is -2.16. The predicted octanol–water partition coefficient (Wildman–Crippen LogP) is 5.94. The summed E-state index contributed by atoms with van der Waals surface area (Å²) in [5.74, 6) is 0.734. The Balaban J connectivity index is 1.69. The van der Waals surface area contributed by atoms with Gasteiger partial charge in [-0.25, -0.2) is 18.1 Å². The third-order valence-corrected chi connectivity index (χ3v) is 7.29. The van der Waals surface area contributed by atoms with E-state index in [2.05, 4.69) is 30.5 Å². The monoisotopic (exact) mass is 540 g/mol. The predicted molar refractivity (Wildman–Crippen MR) is 146 cm³/mol. The third-order valence-electron chi connectivity index (χ3n) is 5.23. The highest BCUT2D eigenvalue weighted by atomic mass is 35.5. The Morgan fingerprint density at radius 2 is 1.58 bits per heavy atom. The lowest BCUT2D eigenvalue weighted by atomic mass is 10.1. The zero-order valence-electron chi connectivity index (χ0n) is 19.3. The molecule has 1 aromatic heterocycles. The van der Waals surface area contributed by atoms with Crippen LogP contribution in [0.25, 0.3) is 11.1 Å². The zero-order chi connectivity index (χ0) is 25.7. The molecule has 0 aliphatic heterocycles. The van der Waals surface area contributed by atoms with Crippen LogP contribution in [0, 0.1) is 0 Å². The molecule has 0 bridgehead atoms. The number of nitrogens with one attached hydrogen (secondary N) is 3. The summed E-state index contributed by atoms with van der Waals surface area (Å²) in [5.41, 5.74) is 6.29. The standard InChI is InChI=1S/C25H22Cl2N6O2S/c1-16(17-11-13-19(14-12-17)36(34,35)28-2)32-33-24-20(23-21(26)9-6-10-22(23)27)15-29-25(31-24)30-18-7-4-3-5-8-18/h3-15,28H,1-2H3,(H2,29,30,31,33). The minimum absolute atomic E-state index is 0.164. The summed E-state index contributed by atoms with van der Waals surface area (Å²) in [6, 6.07) is 21.1. The van der Waals surface area contributed by atoms with Crippen LogP contribution >= 0.6 is 23.2 Å². The summed E-state index contributed by atoms with van der Waals surface area (Å²) < 4.78 is 26.3. The van der Waals surface area contributed by atoms with Crippen LogP contribution in [0.3, 0.4) is 0 Å². The molecule has 11 heteroatoms. The van der Waals surface area contributed by atoms with Crippen molar-refractivity contribution in [2.45, 2.75) is 11.8 Å². The summed E-state index contributed by atoms with van der Waals surface area (Å²) in [4.78, 5) is 9.20. The molecular formula is C25H22Cl2N6O2S. The zero-order valence-corrected chi connectivity index (χ0v) is 21.7. The lowest BCUT2D eigenvalue weighted by Gasteiger charge is -2.14. The van der Waals surface area contributed by atoms with E-state index in [1.54, 1.807) is 43.5 Å². The number of sulfonamides is 1. The SMILES string of the molecule is CNS(=O)(=O)c1ccc(C(C)=NNc2nc(Nc3ccccc3)ncc2-c2c(Cl)cccc2Cl)cc1. The van der Waals surface area contributed by atoms with Gasteiger partial charge in [0.2, 0.25) is 16.0 Å². The number of halogens is 2. The average molecular weight is 541 g/mol. The summed E-state index contributed by atoms with van der Waals surface area (Å²) in [5, 5.41) is 8.51. The van der Waals surface area contributed by atoms with Crippen molar-refractivity contribution in [1.82, 2.24) is 14.7 Å². The molecule has 0 radical (unpaired) electrons. The van der Waals surface area contributed by atoms with Crippen molar-refractivity contribution in [2.24, 2.45) is 5.10 Å². The smallest absolute Gasteiger partial charge is 0.240 e. The minimum Gasteiger partial charge on any atom is -0.324 e. The normalized spacial score (nSPS) is 11.8. The lowest BCUT2D eigenvalue weighted by Crippen LogP contribution is -2.18. The number of benzene rings is 3. The Hall–Kier alpha value is -3.50. The first-order chi connectivity index (χ1) is 17.3. The van der Waals surface area contributed by atoms with Gasteiger partial charge in [-0.15, -0.1) is 0 Å². The minimum atomic E-state index is -3.53. The Kier molecular flexibility index (Phi) is 7.85. The number of hydrogen-bond donors (Lipinski definition) is 3. The molecule has 0 atom stereocenters. The second-order valence-electron chi connectivity index (χ2n) is 7.58. The van der Waals surface area contributed by atoms with Crippen molar-refractivity contribution < 1.29 is 8.42 Å². The molecule has 0 aliphatic rings. The second-order valence-corrected chi connectivity index (χ2v) is 10.3. The fourth-order valence-electron chi connectivity index (χ4n) is 3.31. The Bertz CT molecular complexity index is 1490. The summed E-state index contributed by atoms with van der Waals surface area (Å²) in [6.45, 7) is 1.79. The number of para-hydroxylation sites is 1. The molecule has 8 nitrogen and oxygen atoms in total. The van der Waals surface area contributed by atoms with Gasteiger partial charge in [-0.3, -0.25) is 5.43 Å². The third kappa shape index (κ3) is 5.83. The maximum atomic E-state index is 12.0. The van der Waals surface area contributed by atoms with E-state index in [9.17, 15) is 8.42 Å². The summed E-state index contributed by atoms with van der Waals surface area (Å²) in [6.07, 6.45) is 1.62. The van der Waals surface area contributed by atoms with Crippen molar-refractivity contribution in [1.29, 1.82) is 0 Å². The number of nitrogens with zero attached hydrogens (tertiary/aromatic N) is 3. The molecule has 0 saturated heterocycles. The molecule has 0 spiro atoms. The number of hydrogen-bond acceptors (Lipinski definition) is 7. The molecule has 0 unspecified atom stereocenters. The molecule has 3 aromatic carbocycles. The fourth-order valence-corrected chi connectivity index (χ4v) is 4.64. The molecule has 0 aliphatic carbocycles. The molecule has 4 aromatic rings. The maximum absolute atomic E-state index is 12.0. The van der Waals surface area contributed by atoms with E-state index >= 15 is 0 Å². The number of hydrazone groups is 1. The Morgan fingerprint density at radius 1 is 0.917 bits per heavy atom. The molecule has 4 rings (SSSR count). The Morgan fingerprint density at radius 3 is 2.22 bits per heavy atom. The van der Waals surface area contributed by atoms with E-state index in [4.69, 9.17) is 23.2 Å². The van der Waals surface area contributed by atoms with Crippen LogP contribution in [0.4, 0.5) is 17.5 Å². The second kappa shape index (κ2) is 11.0. The average Bonchev–Trinajstić information content (AvgIpc) is 2.88. The van der Waals surface area contributed by atoms with Gasteiger partial charge in [-0.1, -0.05) is 59.6 Å². The van der Waals surface area contributed by atoms with Gasteiger partial charge in [0.1, 0.15) is 0 Å². The van der Waals surface area contributed by atoms with Crippen LogP contribution in [0.2, 0.25) is 10.0 Å². The summed E-state index contributed by atoms with van der Waals surface area (Å²) >= 11 is 12.9. The van der Waals surface area contributed by atoms with Crippen LogP contribution in [0.15, 0.2) is 89.0 Å². The van der Waals surface area contributed by atoms with E-state index < -0.39 is 10.0 Å². The largest absolute Gasteiger partial charge is 0.324 e. The number of rotatable bonds is 8. The fraction of sp³-hybridized carbons (Fsp3) is 0.0800. The van der Waals surface area contributed by atoms with E-state index in [1.807, 2.05) is 30.3 Å². The van der Waals surface area contributed by atoms with Crippen LogP contribution in [-0.2, 0) is 10.0 Å². The first kappa shape index (κ1) is 25.6. The van der Waals surface area contributed by atoms with Crippen molar-refractivity contribution in [3.63, 3.8) is 0 Å².